The van der Waals surface area contributed by atoms with Gasteiger partial charge < -0.3 is 14.8 Å². The number of carbonyl (C=O) groups is 2. The molecular formula is C29H32FN5O4. The number of benzene rings is 3. The number of amides is 2. The van der Waals surface area contributed by atoms with Crippen molar-refractivity contribution in [1.29, 1.82) is 0 Å². The summed E-state index contributed by atoms with van der Waals surface area (Å²) in [5.41, 5.74) is 1.31. The first-order chi connectivity index (χ1) is 18.7. The van der Waals surface area contributed by atoms with Crippen LogP contribution in [0, 0.1) is 5.82 Å². The van der Waals surface area contributed by atoms with E-state index >= 15 is 0 Å². The molecular weight excluding hydrogens is 501 g/mol. The zero-order valence-electron chi connectivity index (χ0n) is 22.6. The first-order valence-corrected chi connectivity index (χ1v) is 12.6. The largest absolute Gasteiger partial charge is 0.497 e. The van der Waals surface area contributed by atoms with Gasteiger partial charge in [-0.25, -0.2) is 9.07 Å². The molecule has 0 aliphatic carbocycles. The molecule has 1 N–H and O–H groups in total. The van der Waals surface area contributed by atoms with Crippen molar-refractivity contribution >= 4 is 28.5 Å². The van der Waals surface area contributed by atoms with Crippen LogP contribution in [-0.4, -0.2) is 46.6 Å². The monoisotopic (exact) mass is 533 g/mol. The van der Waals surface area contributed by atoms with Gasteiger partial charge in [-0.2, -0.15) is 0 Å². The van der Waals surface area contributed by atoms with Crippen molar-refractivity contribution in [3.63, 3.8) is 0 Å². The lowest BCUT2D eigenvalue weighted by Crippen LogP contribution is -2.51. The molecule has 204 valence electrons. The van der Waals surface area contributed by atoms with E-state index < -0.39 is 29.2 Å². The van der Waals surface area contributed by atoms with Gasteiger partial charge in [0.05, 0.1) is 19.7 Å². The number of hydrogen-bond donors (Lipinski definition) is 1. The third kappa shape index (κ3) is 6.00. The predicted octanol–water partition coefficient (Wildman–Crippen LogP) is 4.67. The Morgan fingerprint density at radius 3 is 2.51 bits per heavy atom. The van der Waals surface area contributed by atoms with Gasteiger partial charge in [-0.3, -0.25) is 14.5 Å². The number of para-hydroxylation sites is 1. The molecule has 0 aliphatic heterocycles. The van der Waals surface area contributed by atoms with E-state index in [1.807, 2.05) is 32.9 Å². The topological polar surface area (TPSA) is 98.6 Å². The third-order valence-electron chi connectivity index (χ3n) is 6.65. The second-order valence-corrected chi connectivity index (χ2v) is 9.72. The normalized spacial score (nSPS) is 12.2. The summed E-state index contributed by atoms with van der Waals surface area (Å²) in [6.45, 7) is 5.50. The molecule has 0 saturated carbocycles. The van der Waals surface area contributed by atoms with Crippen LogP contribution in [0.3, 0.4) is 0 Å². The summed E-state index contributed by atoms with van der Waals surface area (Å²) in [6, 6.07) is 16.6. The first kappa shape index (κ1) is 27.6. The van der Waals surface area contributed by atoms with E-state index in [1.54, 1.807) is 36.4 Å². The van der Waals surface area contributed by atoms with Gasteiger partial charge in [-0.15, -0.1) is 5.10 Å². The highest BCUT2D eigenvalue weighted by Crippen LogP contribution is 2.36. The second kappa shape index (κ2) is 11.5. The van der Waals surface area contributed by atoms with Crippen molar-refractivity contribution in [2.24, 2.45) is 0 Å². The molecule has 0 saturated heterocycles. The summed E-state index contributed by atoms with van der Waals surface area (Å²) in [5.74, 6) is -0.647. The maximum absolute atomic E-state index is 14.5. The van der Waals surface area contributed by atoms with E-state index in [2.05, 4.69) is 15.6 Å². The Hall–Kier alpha value is -4.47. The Morgan fingerprint density at radius 2 is 1.82 bits per heavy atom. The molecule has 0 bridgehead atoms. The molecule has 39 heavy (non-hydrogen) atoms. The van der Waals surface area contributed by atoms with Crippen molar-refractivity contribution in [3.8, 4) is 11.5 Å². The second-order valence-electron chi connectivity index (χ2n) is 9.72. The third-order valence-corrected chi connectivity index (χ3v) is 6.65. The van der Waals surface area contributed by atoms with Gasteiger partial charge >= 0.3 is 0 Å². The van der Waals surface area contributed by atoms with Crippen LogP contribution in [0.4, 0.5) is 10.1 Å². The van der Waals surface area contributed by atoms with Crippen molar-refractivity contribution in [2.75, 3.05) is 19.1 Å². The Labute approximate surface area is 226 Å². The molecule has 9 nitrogen and oxygen atoms in total. The number of fused-ring (bicyclic) bond motifs is 1. The van der Waals surface area contributed by atoms with Gasteiger partial charge in [0, 0.05) is 22.9 Å². The zero-order valence-corrected chi connectivity index (χ0v) is 22.6. The Kier molecular flexibility index (Phi) is 8.13. The summed E-state index contributed by atoms with van der Waals surface area (Å²) in [4.78, 5) is 29.4. The van der Waals surface area contributed by atoms with Crippen molar-refractivity contribution < 1.29 is 23.5 Å². The average molecular weight is 534 g/mol. The van der Waals surface area contributed by atoms with Crippen LogP contribution in [0.1, 0.15) is 38.8 Å². The molecule has 1 aromatic heterocycles. The van der Waals surface area contributed by atoms with Crippen LogP contribution < -0.4 is 19.7 Å². The fourth-order valence-electron chi connectivity index (χ4n) is 4.23. The summed E-state index contributed by atoms with van der Waals surface area (Å²) >= 11 is 0. The highest BCUT2D eigenvalue weighted by molar-refractivity contribution is 6.02. The van der Waals surface area contributed by atoms with Crippen LogP contribution in [0.2, 0.25) is 0 Å². The number of ether oxygens (including phenoxy) is 2. The Bertz CT molecular complexity index is 1490. The molecule has 3 aromatic carbocycles. The first-order valence-electron chi connectivity index (χ1n) is 12.6. The van der Waals surface area contributed by atoms with Gasteiger partial charge in [-0.1, -0.05) is 30.3 Å². The molecule has 10 heteroatoms. The van der Waals surface area contributed by atoms with E-state index in [0.717, 1.165) is 0 Å². The molecule has 0 radical (unpaired) electrons. The van der Waals surface area contributed by atoms with Gasteiger partial charge in [-0.05, 0) is 62.7 Å². The van der Waals surface area contributed by atoms with Crippen LogP contribution in [0.15, 0.2) is 66.7 Å². The minimum atomic E-state index is -1.21. The highest BCUT2D eigenvalue weighted by Gasteiger charge is 2.37. The van der Waals surface area contributed by atoms with E-state index in [1.165, 1.54) is 42.0 Å². The fourth-order valence-corrected chi connectivity index (χ4v) is 4.23. The number of rotatable bonds is 10. The van der Waals surface area contributed by atoms with Gasteiger partial charge in [0.2, 0.25) is 11.8 Å². The quantitative estimate of drug-likeness (QED) is 0.318. The number of hydrogen-bond acceptors (Lipinski definition) is 6. The minimum Gasteiger partial charge on any atom is -0.497 e. The number of methoxy groups -OCH3 is 2. The fraction of sp³-hybridized carbons (Fsp3) is 0.310. The smallest absolute Gasteiger partial charge is 0.249 e. The minimum absolute atomic E-state index is 0.205. The number of nitrogens with zero attached hydrogens (tertiary/aromatic N) is 4. The SMILES string of the molecule is CCC(C)(C)NC(=O)C(c1ccc(OC)cc1OC)N(C(=O)Cn1nnc2ccccc21)c1cccc(F)c1. The van der Waals surface area contributed by atoms with E-state index in [9.17, 15) is 14.0 Å². The lowest BCUT2D eigenvalue weighted by molar-refractivity contribution is -0.128. The molecule has 0 fully saturated rings. The summed E-state index contributed by atoms with van der Waals surface area (Å²) in [6.07, 6.45) is 0.643. The van der Waals surface area contributed by atoms with Crippen LogP contribution in [0.25, 0.3) is 11.0 Å². The average Bonchev–Trinajstić information content (AvgIpc) is 3.33. The summed E-state index contributed by atoms with van der Waals surface area (Å²) in [7, 11) is 2.99. The molecule has 4 rings (SSSR count). The molecule has 1 heterocycles. The Morgan fingerprint density at radius 1 is 1.05 bits per heavy atom. The lowest BCUT2D eigenvalue weighted by atomic mass is 9.97. The zero-order chi connectivity index (χ0) is 28.2. The highest BCUT2D eigenvalue weighted by atomic mass is 19.1. The van der Waals surface area contributed by atoms with E-state index in [0.29, 0.717) is 34.5 Å². The number of nitrogens with one attached hydrogen (secondary N) is 1. The van der Waals surface area contributed by atoms with Crippen LogP contribution >= 0.6 is 0 Å². The number of anilines is 1. The van der Waals surface area contributed by atoms with Crippen molar-refractivity contribution in [2.45, 2.75) is 45.3 Å². The lowest BCUT2D eigenvalue weighted by Gasteiger charge is -2.35. The molecule has 0 spiro atoms. The maximum Gasteiger partial charge on any atom is 0.249 e. The van der Waals surface area contributed by atoms with Crippen molar-refractivity contribution in [3.05, 3.63) is 78.1 Å². The van der Waals surface area contributed by atoms with Crippen LogP contribution in [0.5, 0.6) is 11.5 Å². The molecule has 1 unspecified atom stereocenters. The van der Waals surface area contributed by atoms with E-state index in [-0.39, 0.29) is 12.2 Å². The van der Waals surface area contributed by atoms with Crippen molar-refractivity contribution in [1.82, 2.24) is 20.3 Å². The number of aromatic nitrogens is 3. The molecule has 2 amide bonds. The number of halogens is 1. The number of carbonyl (C=O) groups excluding carboxylic acids is 2. The van der Waals surface area contributed by atoms with Gasteiger partial charge in [0.15, 0.2) is 0 Å². The standard InChI is InChI=1S/C29H32FN5O4/c1-6-29(2,3)31-28(37)27(22-15-14-21(38-4)17-25(22)39-5)35(20-11-9-10-19(30)16-20)26(36)18-34-24-13-8-7-12-23(24)32-33-34/h7-17,27H,6,18H2,1-5H3,(H,31,37). The van der Waals surface area contributed by atoms with Gasteiger partial charge in [0.1, 0.15) is 35.4 Å². The predicted molar refractivity (Wildman–Crippen MR) is 146 cm³/mol. The molecule has 4 aromatic rings. The summed E-state index contributed by atoms with van der Waals surface area (Å²) < 4.78 is 26.9. The molecule has 0 aliphatic rings. The van der Waals surface area contributed by atoms with Gasteiger partial charge in [0.25, 0.3) is 0 Å². The van der Waals surface area contributed by atoms with Crippen LogP contribution in [-0.2, 0) is 16.1 Å². The molecule has 1 atom stereocenters. The van der Waals surface area contributed by atoms with E-state index in [4.69, 9.17) is 9.47 Å². The maximum atomic E-state index is 14.5. The summed E-state index contributed by atoms with van der Waals surface area (Å²) in [5, 5.41) is 11.3. The Balaban J connectivity index is 1.88.